The Morgan fingerprint density at radius 2 is 2.05 bits per heavy atom. The van der Waals surface area contributed by atoms with Crippen molar-refractivity contribution >= 4 is 11.8 Å². The number of nitrogens with one attached hydrogen (secondary N) is 1. The third-order valence-electron chi connectivity index (χ3n) is 3.95. The van der Waals surface area contributed by atoms with Crippen molar-refractivity contribution < 1.29 is 0 Å². The Balaban J connectivity index is 1.85. The fourth-order valence-corrected chi connectivity index (χ4v) is 4.55. The maximum Gasteiger partial charge on any atom is 0.0969 e. The van der Waals surface area contributed by atoms with Crippen LogP contribution in [0.3, 0.4) is 0 Å². The van der Waals surface area contributed by atoms with E-state index in [1.165, 1.54) is 16.7 Å². The number of rotatable bonds is 4. The zero-order valence-corrected chi connectivity index (χ0v) is 13.7. The highest BCUT2D eigenvalue weighted by molar-refractivity contribution is 7.99. The summed E-state index contributed by atoms with van der Waals surface area (Å²) in [5, 5.41) is 5.32. The molecule has 0 saturated heterocycles. The molecule has 21 heavy (non-hydrogen) atoms. The second-order valence-corrected chi connectivity index (χ2v) is 6.98. The maximum atomic E-state index is 4.69. The molecule has 3 rings (SSSR count). The number of fused-ring (bicyclic) bond motifs is 1. The molecule has 1 aliphatic carbocycles. The summed E-state index contributed by atoms with van der Waals surface area (Å²) in [6, 6.07) is 13.6. The number of nitrogens with zero attached hydrogens (tertiary/aromatic N) is 1. The van der Waals surface area contributed by atoms with Gasteiger partial charge in [-0.1, -0.05) is 31.2 Å². The van der Waals surface area contributed by atoms with Crippen molar-refractivity contribution in [1.82, 2.24) is 10.3 Å². The lowest BCUT2D eigenvalue weighted by Gasteiger charge is -2.21. The van der Waals surface area contributed by atoms with E-state index in [1.807, 2.05) is 11.8 Å². The zero-order valence-electron chi connectivity index (χ0n) is 12.9. The van der Waals surface area contributed by atoms with Gasteiger partial charge in [-0.2, -0.15) is 0 Å². The van der Waals surface area contributed by atoms with Crippen molar-refractivity contribution in [3.63, 3.8) is 0 Å². The minimum atomic E-state index is 0.429. The lowest BCUT2D eigenvalue weighted by molar-refractivity contribution is 0.560. The molecule has 2 nitrogen and oxygen atoms in total. The minimum Gasteiger partial charge on any atom is -0.309 e. The molecule has 1 heterocycles. The number of benzene rings is 1. The molecule has 1 N–H and O–H groups in total. The van der Waals surface area contributed by atoms with Gasteiger partial charge in [0.25, 0.3) is 0 Å². The quantitative estimate of drug-likeness (QED) is 0.921. The van der Waals surface area contributed by atoms with Gasteiger partial charge >= 0.3 is 0 Å². The average Bonchev–Trinajstić information content (AvgIpc) is 2.76. The van der Waals surface area contributed by atoms with Crippen LogP contribution in [0.2, 0.25) is 0 Å². The van der Waals surface area contributed by atoms with E-state index >= 15 is 0 Å². The van der Waals surface area contributed by atoms with Crippen LogP contribution in [0.25, 0.3) is 0 Å². The molecule has 0 amide bonds. The summed E-state index contributed by atoms with van der Waals surface area (Å²) in [6.45, 7) is 7.39. The molecule has 2 aromatic rings. The standard InChI is InChI=1S/C18H22N2S/c1-4-19-18-15-8-6-5-7-14(15)11-16(18)21-17-10-12(2)9-13(3)20-17/h5-10,16,18-19H,4,11H2,1-3H3. The van der Waals surface area contributed by atoms with Gasteiger partial charge in [0.15, 0.2) is 0 Å². The first-order valence-corrected chi connectivity index (χ1v) is 8.48. The molecule has 0 spiro atoms. The molecule has 1 aromatic carbocycles. The number of aryl methyl sites for hydroxylation is 2. The van der Waals surface area contributed by atoms with E-state index in [4.69, 9.17) is 4.98 Å². The van der Waals surface area contributed by atoms with Gasteiger partial charge in [-0.15, -0.1) is 11.8 Å². The highest BCUT2D eigenvalue weighted by atomic mass is 32.2. The fraction of sp³-hybridized carbons (Fsp3) is 0.389. The number of hydrogen-bond donors (Lipinski definition) is 1. The topological polar surface area (TPSA) is 24.9 Å². The van der Waals surface area contributed by atoms with Crippen molar-refractivity contribution in [1.29, 1.82) is 0 Å². The summed E-state index contributed by atoms with van der Waals surface area (Å²) >= 11 is 1.91. The van der Waals surface area contributed by atoms with Gasteiger partial charge in [0, 0.05) is 17.0 Å². The number of thioether (sulfide) groups is 1. The number of aromatic nitrogens is 1. The van der Waals surface area contributed by atoms with Gasteiger partial charge in [0.05, 0.1) is 5.03 Å². The normalized spacial score (nSPS) is 20.5. The molecule has 2 atom stereocenters. The van der Waals surface area contributed by atoms with Crippen LogP contribution in [0.15, 0.2) is 41.4 Å². The first-order chi connectivity index (χ1) is 10.2. The van der Waals surface area contributed by atoms with Crippen LogP contribution in [-0.2, 0) is 6.42 Å². The lowest BCUT2D eigenvalue weighted by atomic mass is 10.1. The largest absolute Gasteiger partial charge is 0.309 e. The van der Waals surface area contributed by atoms with E-state index in [1.54, 1.807) is 0 Å². The Labute approximate surface area is 131 Å². The molecule has 0 saturated carbocycles. The fourth-order valence-electron chi connectivity index (χ4n) is 3.15. The number of pyridine rings is 1. The molecule has 0 bridgehead atoms. The van der Waals surface area contributed by atoms with Gasteiger partial charge in [-0.25, -0.2) is 4.98 Å². The minimum absolute atomic E-state index is 0.429. The van der Waals surface area contributed by atoms with Crippen LogP contribution in [0, 0.1) is 13.8 Å². The van der Waals surface area contributed by atoms with Crippen molar-refractivity contribution in [3.05, 3.63) is 58.8 Å². The van der Waals surface area contributed by atoms with Gasteiger partial charge in [0.2, 0.25) is 0 Å². The van der Waals surface area contributed by atoms with Gasteiger partial charge in [0.1, 0.15) is 0 Å². The second kappa shape index (κ2) is 6.20. The van der Waals surface area contributed by atoms with Crippen molar-refractivity contribution in [2.24, 2.45) is 0 Å². The summed E-state index contributed by atoms with van der Waals surface area (Å²) in [7, 11) is 0. The molecule has 0 aliphatic heterocycles. The monoisotopic (exact) mass is 298 g/mol. The Bertz CT molecular complexity index is 619. The molecule has 1 aliphatic rings. The Kier molecular flexibility index (Phi) is 4.32. The van der Waals surface area contributed by atoms with Crippen molar-refractivity contribution in [2.45, 2.75) is 43.5 Å². The van der Waals surface area contributed by atoms with Crippen molar-refractivity contribution in [3.8, 4) is 0 Å². The Hall–Kier alpha value is -1.32. The van der Waals surface area contributed by atoms with Gasteiger partial charge in [-0.3, -0.25) is 0 Å². The molecule has 1 aromatic heterocycles. The smallest absolute Gasteiger partial charge is 0.0969 e. The first kappa shape index (κ1) is 14.6. The number of hydrogen-bond acceptors (Lipinski definition) is 3. The van der Waals surface area contributed by atoms with Gasteiger partial charge < -0.3 is 5.32 Å². The van der Waals surface area contributed by atoms with E-state index in [2.05, 4.69) is 62.5 Å². The summed E-state index contributed by atoms with van der Waals surface area (Å²) in [5.41, 5.74) is 5.33. The summed E-state index contributed by atoms with van der Waals surface area (Å²) in [5.74, 6) is 0. The van der Waals surface area contributed by atoms with Crippen LogP contribution in [0.1, 0.15) is 35.3 Å². The third kappa shape index (κ3) is 3.14. The van der Waals surface area contributed by atoms with E-state index in [9.17, 15) is 0 Å². The summed E-state index contributed by atoms with van der Waals surface area (Å²) in [4.78, 5) is 4.69. The summed E-state index contributed by atoms with van der Waals surface area (Å²) < 4.78 is 0. The Morgan fingerprint density at radius 1 is 1.24 bits per heavy atom. The lowest BCUT2D eigenvalue weighted by Crippen LogP contribution is -2.26. The molecule has 0 fully saturated rings. The third-order valence-corrected chi connectivity index (χ3v) is 5.15. The van der Waals surface area contributed by atoms with E-state index in [0.717, 1.165) is 23.7 Å². The summed E-state index contributed by atoms with van der Waals surface area (Å²) in [6.07, 6.45) is 1.12. The van der Waals surface area contributed by atoms with E-state index in [-0.39, 0.29) is 0 Å². The molecule has 3 heteroatoms. The zero-order chi connectivity index (χ0) is 14.8. The molecular formula is C18H22N2S. The Morgan fingerprint density at radius 3 is 2.81 bits per heavy atom. The molecule has 2 unspecified atom stereocenters. The SMILES string of the molecule is CCNC1c2ccccc2CC1Sc1cc(C)cc(C)n1. The predicted octanol–water partition coefficient (Wildman–Crippen LogP) is 4.07. The molecule has 0 radical (unpaired) electrons. The second-order valence-electron chi connectivity index (χ2n) is 5.72. The maximum absolute atomic E-state index is 4.69. The predicted molar refractivity (Wildman–Crippen MR) is 89.9 cm³/mol. The van der Waals surface area contributed by atoms with E-state index in [0.29, 0.717) is 11.3 Å². The highest BCUT2D eigenvalue weighted by Gasteiger charge is 2.32. The van der Waals surface area contributed by atoms with E-state index < -0.39 is 0 Å². The van der Waals surface area contributed by atoms with Crippen LogP contribution < -0.4 is 5.32 Å². The van der Waals surface area contributed by atoms with Crippen molar-refractivity contribution in [2.75, 3.05) is 6.54 Å². The highest BCUT2D eigenvalue weighted by Crippen LogP contribution is 2.41. The molecule has 110 valence electrons. The first-order valence-electron chi connectivity index (χ1n) is 7.60. The van der Waals surface area contributed by atoms with Crippen LogP contribution in [0.5, 0.6) is 0 Å². The van der Waals surface area contributed by atoms with Gasteiger partial charge in [-0.05, 0) is 55.6 Å². The molecular weight excluding hydrogens is 276 g/mol. The van der Waals surface area contributed by atoms with Crippen LogP contribution >= 0.6 is 11.8 Å². The van der Waals surface area contributed by atoms with Crippen LogP contribution in [0.4, 0.5) is 0 Å². The average molecular weight is 298 g/mol. The van der Waals surface area contributed by atoms with Crippen LogP contribution in [-0.4, -0.2) is 16.8 Å².